The maximum atomic E-state index is 5.94. The molecule has 0 fully saturated rings. The Kier molecular flexibility index (Phi) is 8.15. The summed E-state index contributed by atoms with van der Waals surface area (Å²) in [4.78, 5) is 4.67. The van der Waals surface area contributed by atoms with Crippen LogP contribution in [0.25, 0.3) is 11.0 Å². The number of furan rings is 1. The number of guanidine groups is 1. The lowest BCUT2D eigenvalue weighted by atomic mass is 10.1. The quantitative estimate of drug-likeness (QED) is 0.232. The van der Waals surface area contributed by atoms with Gasteiger partial charge in [-0.25, -0.2) is 4.99 Å². The van der Waals surface area contributed by atoms with Gasteiger partial charge in [0.1, 0.15) is 17.9 Å². The van der Waals surface area contributed by atoms with Gasteiger partial charge in [0.2, 0.25) is 0 Å². The molecule has 7 heteroatoms. The number of hydrogen-bond acceptors (Lipinski definition) is 3. The Bertz CT molecular complexity index is 884. The van der Waals surface area contributed by atoms with Crippen molar-refractivity contribution in [2.24, 2.45) is 4.99 Å². The number of fused-ring (bicyclic) bond motifs is 1. The molecule has 0 aliphatic rings. The van der Waals surface area contributed by atoms with E-state index in [0.29, 0.717) is 6.54 Å². The van der Waals surface area contributed by atoms with Crippen molar-refractivity contribution in [3.8, 4) is 0 Å². The normalized spacial score (nSPS) is 11.4. The summed E-state index contributed by atoms with van der Waals surface area (Å²) < 4.78 is 7.91. The highest BCUT2D eigenvalue weighted by atomic mass is 127. The molecular weight excluding hydrogens is 453 g/mol. The van der Waals surface area contributed by atoms with Gasteiger partial charge in [-0.1, -0.05) is 18.2 Å². The lowest BCUT2D eigenvalue weighted by Crippen LogP contribution is -2.38. The molecule has 0 aliphatic carbocycles. The molecule has 0 spiro atoms. The van der Waals surface area contributed by atoms with E-state index < -0.39 is 0 Å². The van der Waals surface area contributed by atoms with Crippen LogP contribution >= 0.6 is 24.0 Å². The zero-order valence-electron chi connectivity index (χ0n) is 16.2. The minimum absolute atomic E-state index is 0. The van der Waals surface area contributed by atoms with Crippen molar-refractivity contribution in [3.05, 3.63) is 53.5 Å². The molecule has 0 aliphatic heterocycles. The summed E-state index contributed by atoms with van der Waals surface area (Å²) in [5, 5.41) is 12.1. The molecule has 27 heavy (non-hydrogen) atoms. The molecule has 0 saturated heterocycles. The van der Waals surface area contributed by atoms with Crippen molar-refractivity contribution in [1.82, 2.24) is 20.4 Å². The zero-order chi connectivity index (χ0) is 18.4. The summed E-state index contributed by atoms with van der Waals surface area (Å²) in [6.07, 6.45) is 4.92. The molecular formula is C20H28IN5O. The summed E-state index contributed by atoms with van der Waals surface area (Å²) in [5.41, 5.74) is 3.27. The Morgan fingerprint density at radius 3 is 2.74 bits per heavy atom. The third-order valence-corrected chi connectivity index (χ3v) is 4.29. The summed E-state index contributed by atoms with van der Waals surface area (Å²) in [7, 11) is 0. The van der Waals surface area contributed by atoms with E-state index in [2.05, 4.69) is 53.8 Å². The van der Waals surface area contributed by atoms with Crippen LogP contribution in [0.3, 0.4) is 0 Å². The molecule has 0 unspecified atom stereocenters. The van der Waals surface area contributed by atoms with Gasteiger partial charge in [0.15, 0.2) is 5.96 Å². The van der Waals surface area contributed by atoms with Crippen LogP contribution in [0.4, 0.5) is 0 Å². The monoisotopic (exact) mass is 481 g/mol. The molecule has 3 aromatic rings. The fourth-order valence-corrected chi connectivity index (χ4v) is 2.91. The van der Waals surface area contributed by atoms with Gasteiger partial charge in [-0.2, -0.15) is 5.10 Å². The van der Waals surface area contributed by atoms with E-state index in [9.17, 15) is 0 Å². The molecule has 2 aromatic heterocycles. The molecule has 0 bridgehead atoms. The van der Waals surface area contributed by atoms with Gasteiger partial charge in [0.25, 0.3) is 0 Å². The predicted molar refractivity (Wildman–Crippen MR) is 121 cm³/mol. The maximum Gasteiger partial charge on any atom is 0.191 e. The first-order valence-electron chi connectivity index (χ1n) is 9.15. The number of nitrogens with one attached hydrogen (secondary N) is 2. The number of aryl methyl sites for hydroxylation is 3. The largest absolute Gasteiger partial charge is 0.459 e. The molecule has 0 amide bonds. The number of aromatic nitrogens is 2. The Morgan fingerprint density at radius 1 is 1.22 bits per heavy atom. The number of aliphatic imine (C=N–C) groups is 1. The molecule has 2 N–H and O–H groups in total. The lowest BCUT2D eigenvalue weighted by Gasteiger charge is -2.11. The number of hydrogen-bond donors (Lipinski definition) is 2. The molecule has 0 radical (unpaired) electrons. The smallest absolute Gasteiger partial charge is 0.191 e. The average molecular weight is 481 g/mol. The minimum Gasteiger partial charge on any atom is -0.459 e. The molecule has 0 saturated carbocycles. The van der Waals surface area contributed by atoms with Gasteiger partial charge < -0.3 is 15.1 Å². The lowest BCUT2D eigenvalue weighted by molar-refractivity contribution is 0.546. The van der Waals surface area contributed by atoms with Crippen LogP contribution in [0.1, 0.15) is 30.2 Å². The number of nitrogens with zero attached hydrogens (tertiary/aromatic N) is 3. The Morgan fingerprint density at radius 2 is 2.04 bits per heavy atom. The van der Waals surface area contributed by atoms with Crippen LogP contribution in [0.15, 0.2) is 46.1 Å². The van der Waals surface area contributed by atoms with E-state index in [1.165, 1.54) is 5.56 Å². The van der Waals surface area contributed by atoms with Crippen LogP contribution in [0.2, 0.25) is 0 Å². The van der Waals surface area contributed by atoms with Crippen molar-refractivity contribution < 1.29 is 4.42 Å². The van der Waals surface area contributed by atoms with Gasteiger partial charge in [0.05, 0.1) is 6.20 Å². The minimum atomic E-state index is 0. The summed E-state index contributed by atoms with van der Waals surface area (Å²) in [5.74, 6) is 1.72. The topological polar surface area (TPSA) is 67.4 Å². The van der Waals surface area contributed by atoms with Gasteiger partial charge in [-0.3, -0.25) is 4.68 Å². The van der Waals surface area contributed by atoms with Crippen molar-refractivity contribution in [3.63, 3.8) is 0 Å². The summed E-state index contributed by atoms with van der Waals surface area (Å²) in [6.45, 7) is 9.28. The Balaban J connectivity index is 0.00000261. The van der Waals surface area contributed by atoms with Gasteiger partial charge in [-0.15, -0.1) is 24.0 Å². The van der Waals surface area contributed by atoms with Crippen molar-refractivity contribution >= 4 is 40.9 Å². The Labute approximate surface area is 177 Å². The highest BCUT2D eigenvalue weighted by molar-refractivity contribution is 14.0. The van der Waals surface area contributed by atoms with Crippen LogP contribution < -0.4 is 10.6 Å². The number of para-hydroxylation sites is 1. The molecule has 1 aromatic carbocycles. The van der Waals surface area contributed by atoms with E-state index >= 15 is 0 Å². The number of halogens is 1. The third kappa shape index (κ3) is 5.72. The second-order valence-corrected chi connectivity index (χ2v) is 6.40. The van der Waals surface area contributed by atoms with Gasteiger partial charge in [0, 0.05) is 36.8 Å². The first kappa shape index (κ1) is 21.3. The van der Waals surface area contributed by atoms with E-state index in [0.717, 1.165) is 54.3 Å². The molecule has 0 atom stereocenters. The van der Waals surface area contributed by atoms with Crippen LogP contribution in [-0.2, 0) is 13.1 Å². The van der Waals surface area contributed by atoms with Crippen LogP contribution in [0, 0.1) is 13.8 Å². The highest BCUT2D eigenvalue weighted by Crippen LogP contribution is 2.25. The fraction of sp³-hybridized carbons (Fsp3) is 0.400. The van der Waals surface area contributed by atoms with E-state index in [4.69, 9.17) is 4.42 Å². The Hall–Kier alpha value is -2.03. The SMILES string of the molecule is CCNC(=NCc1oc2ccccc2c1C)NCCCn1cc(C)cn1.I. The van der Waals surface area contributed by atoms with E-state index in [1.807, 2.05) is 29.1 Å². The molecule has 146 valence electrons. The van der Waals surface area contributed by atoms with Crippen LogP contribution in [0.5, 0.6) is 0 Å². The number of benzene rings is 1. The van der Waals surface area contributed by atoms with Crippen molar-refractivity contribution in [2.75, 3.05) is 13.1 Å². The first-order valence-corrected chi connectivity index (χ1v) is 9.15. The van der Waals surface area contributed by atoms with Crippen LogP contribution in [-0.4, -0.2) is 28.8 Å². The van der Waals surface area contributed by atoms with Gasteiger partial charge >= 0.3 is 0 Å². The highest BCUT2D eigenvalue weighted by Gasteiger charge is 2.09. The van der Waals surface area contributed by atoms with E-state index in [-0.39, 0.29) is 24.0 Å². The second kappa shape index (κ2) is 10.3. The standard InChI is InChI=1S/C20H27N5O.HI/c1-4-21-20(22-10-7-11-25-14-15(2)12-24-25)23-13-19-16(3)17-8-5-6-9-18(17)26-19;/h5-6,8-9,12,14H,4,7,10-11,13H2,1-3H3,(H2,21,22,23);1H. The van der Waals surface area contributed by atoms with Gasteiger partial charge in [-0.05, 0) is 38.8 Å². The van der Waals surface area contributed by atoms with Crippen molar-refractivity contribution in [2.45, 2.75) is 40.3 Å². The number of rotatable bonds is 7. The summed E-state index contributed by atoms with van der Waals surface area (Å²) >= 11 is 0. The molecule has 6 nitrogen and oxygen atoms in total. The first-order chi connectivity index (χ1) is 12.7. The third-order valence-electron chi connectivity index (χ3n) is 4.29. The fourth-order valence-electron chi connectivity index (χ4n) is 2.91. The van der Waals surface area contributed by atoms with Crippen molar-refractivity contribution in [1.29, 1.82) is 0 Å². The molecule has 2 heterocycles. The molecule has 3 rings (SSSR count). The zero-order valence-corrected chi connectivity index (χ0v) is 18.5. The van der Waals surface area contributed by atoms with E-state index in [1.54, 1.807) is 0 Å². The average Bonchev–Trinajstić information content (AvgIpc) is 3.20. The maximum absolute atomic E-state index is 5.94. The predicted octanol–water partition coefficient (Wildman–Crippen LogP) is 4.01. The summed E-state index contributed by atoms with van der Waals surface area (Å²) in [6, 6.07) is 8.10. The second-order valence-electron chi connectivity index (χ2n) is 6.40.